The summed E-state index contributed by atoms with van der Waals surface area (Å²) in [5.41, 5.74) is 6.68. The topological polar surface area (TPSA) is 64.8 Å². The number of nitrogens with two attached hydrogens (primary N) is 1. The summed E-state index contributed by atoms with van der Waals surface area (Å²) in [5.74, 6) is 0.669. The van der Waals surface area contributed by atoms with E-state index in [-0.39, 0.29) is 5.97 Å². The van der Waals surface area contributed by atoms with Crippen LogP contribution in [-0.4, -0.2) is 43.7 Å². The number of benzene rings is 1. The molecule has 1 aromatic carbocycles. The molecule has 5 heteroatoms. The van der Waals surface area contributed by atoms with Gasteiger partial charge in [-0.3, -0.25) is 9.69 Å². The van der Waals surface area contributed by atoms with Crippen LogP contribution in [0.4, 0.5) is 0 Å². The standard InChI is InChI=1S/C16H26N2O3/c1-3-18(13-16(19)20-4-2)10-7-11-21-15-9-6-5-8-14(15)12-17/h5-6,8-9H,3-4,7,10-13,17H2,1-2H3. The molecule has 0 aliphatic rings. The summed E-state index contributed by atoms with van der Waals surface area (Å²) in [4.78, 5) is 13.5. The fourth-order valence-corrected chi connectivity index (χ4v) is 2.02. The smallest absolute Gasteiger partial charge is 0.320 e. The van der Waals surface area contributed by atoms with Crippen molar-refractivity contribution in [3.05, 3.63) is 29.8 Å². The number of nitrogens with zero attached hydrogens (tertiary/aromatic N) is 1. The number of esters is 1. The van der Waals surface area contributed by atoms with Crippen molar-refractivity contribution in [2.75, 3.05) is 32.8 Å². The van der Waals surface area contributed by atoms with Crippen LogP contribution in [0.2, 0.25) is 0 Å². The first-order valence-electron chi connectivity index (χ1n) is 7.50. The molecule has 0 aliphatic carbocycles. The van der Waals surface area contributed by atoms with Crippen molar-refractivity contribution in [3.63, 3.8) is 0 Å². The van der Waals surface area contributed by atoms with Crippen molar-refractivity contribution in [1.82, 2.24) is 4.90 Å². The minimum Gasteiger partial charge on any atom is -0.493 e. The van der Waals surface area contributed by atoms with Gasteiger partial charge in [-0.25, -0.2) is 0 Å². The van der Waals surface area contributed by atoms with Crippen LogP contribution in [0.1, 0.15) is 25.8 Å². The largest absolute Gasteiger partial charge is 0.493 e. The van der Waals surface area contributed by atoms with Crippen LogP contribution in [0.15, 0.2) is 24.3 Å². The fraction of sp³-hybridized carbons (Fsp3) is 0.562. The lowest BCUT2D eigenvalue weighted by Crippen LogP contribution is -2.32. The normalized spacial score (nSPS) is 10.7. The molecule has 118 valence electrons. The lowest BCUT2D eigenvalue weighted by atomic mass is 10.2. The van der Waals surface area contributed by atoms with Gasteiger partial charge in [-0.1, -0.05) is 25.1 Å². The molecule has 21 heavy (non-hydrogen) atoms. The summed E-state index contributed by atoms with van der Waals surface area (Å²) in [6.07, 6.45) is 0.853. The van der Waals surface area contributed by atoms with Gasteiger partial charge in [0.05, 0.1) is 19.8 Å². The number of rotatable bonds is 10. The van der Waals surface area contributed by atoms with E-state index in [9.17, 15) is 4.79 Å². The van der Waals surface area contributed by atoms with Crippen molar-refractivity contribution in [1.29, 1.82) is 0 Å². The van der Waals surface area contributed by atoms with E-state index < -0.39 is 0 Å². The third kappa shape index (κ3) is 6.60. The molecule has 0 bridgehead atoms. The highest BCUT2D eigenvalue weighted by Crippen LogP contribution is 2.17. The fourth-order valence-electron chi connectivity index (χ4n) is 2.02. The van der Waals surface area contributed by atoms with E-state index in [0.717, 1.165) is 30.8 Å². The summed E-state index contributed by atoms with van der Waals surface area (Å²) in [7, 11) is 0. The van der Waals surface area contributed by atoms with E-state index in [1.54, 1.807) is 0 Å². The number of carbonyl (C=O) groups is 1. The molecule has 1 rings (SSSR count). The van der Waals surface area contributed by atoms with Crippen molar-refractivity contribution in [2.45, 2.75) is 26.8 Å². The molecule has 0 aliphatic heterocycles. The Hall–Kier alpha value is -1.59. The highest BCUT2D eigenvalue weighted by molar-refractivity contribution is 5.71. The number of para-hydroxylation sites is 1. The minimum atomic E-state index is -0.172. The first kappa shape index (κ1) is 17.5. The van der Waals surface area contributed by atoms with Crippen LogP contribution < -0.4 is 10.5 Å². The molecule has 0 unspecified atom stereocenters. The zero-order chi connectivity index (χ0) is 15.5. The van der Waals surface area contributed by atoms with Crippen molar-refractivity contribution >= 4 is 5.97 Å². The van der Waals surface area contributed by atoms with Crippen molar-refractivity contribution in [2.24, 2.45) is 5.73 Å². The van der Waals surface area contributed by atoms with Crippen molar-refractivity contribution in [3.8, 4) is 5.75 Å². The predicted molar refractivity (Wildman–Crippen MR) is 83.2 cm³/mol. The van der Waals surface area contributed by atoms with Gasteiger partial charge in [-0.15, -0.1) is 0 Å². The number of carbonyl (C=O) groups excluding carboxylic acids is 1. The third-order valence-electron chi connectivity index (χ3n) is 3.17. The van der Waals surface area contributed by atoms with Gasteiger partial charge >= 0.3 is 5.97 Å². The Labute approximate surface area is 127 Å². The van der Waals surface area contributed by atoms with Gasteiger partial charge in [0.15, 0.2) is 0 Å². The molecule has 0 aromatic heterocycles. The Kier molecular flexibility index (Phi) is 8.47. The first-order chi connectivity index (χ1) is 10.2. The highest BCUT2D eigenvalue weighted by atomic mass is 16.5. The van der Waals surface area contributed by atoms with E-state index in [4.69, 9.17) is 15.2 Å². The Morgan fingerprint density at radius 1 is 1.29 bits per heavy atom. The van der Waals surface area contributed by atoms with Crippen LogP contribution in [0.3, 0.4) is 0 Å². The monoisotopic (exact) mass is 294 g/mol. The molecule has 0 atom stereocenters. The maximum atomic E-state index is 11.4. The molecule has 2 N–H and O–H groups in total. The zero-order valence-electron chi connectivity index (χ0n) is 13.0. The molecule has 0 saturated carbocycles. The predicted octanol–water partition coefficient (Wildman–Crippen LogP) is 1.80. The number of likely N-dealkylation sites (N-methyl/N-ethyl adjacent to an activating group) is 1. The second kappa shape index (κ2) is 10.2. The highest BCUT2D eigenvalue weighted by Gasteiger charge is 2.09. The van der Waals surface area contributed by atoms with Crippen LogP contribution in [0, 0.1) is 0 Å². The van der Waals surface area contributed by atoms with Crippen LogP contribution in [0.5, 0.6) is 5.75 Å². The average molecular weight is 294 g/mol. The molecule has 0 spiro atoms. The molecule has 0 heterocycles. The molecule has 0 amide bonds. The summed E-state index contributed by atoms with van der Waals surface area (Å²) < 4.78 is 10.7. The maximum absolute atomic E-state index is 11.4. The quantitative estimate of drug-likeness (QED) is 0.526. The average Bonchev–Trinajstić information content (AvgIpc) is 2.50. The van der Waals surface area contributed by atoms with Crippen LogP contribution in [-0.2, 0) is 16.1 Å². The van der Waals surface area contributed by atoms with Gasteiger partial charge in [-0.05, 0) is 26.0 Å². The second-order valence-electron chi connectivity index (χ2n) is 4.69. The van der Waals surface area contributed by atoms with Gasteiger partial charge in [0.2, 0.25) is 0 Å². The van der Waals surface area contributed by atoms with Gasteiger partial charge in [0.25, 0.3) is 0 Å². The number of ether oxygens (including phenoxy) is 2. The van der Waals surface area contributed by atoms with Crippen LogP contribution in [0.25, 0.3) is 0 Å². The number of hydrogen-bond acceptors (Lipinski definition) is 5. The van der Waals surface area contributed by atoms with Gasteiger partial charge < -0.3 is 15.2 Å². The van der Waals surface area contributed by atoms with E-state index in [0.29, 0.717) is 26.3 Å². The Bertz CT molecular complexity index is 424. The lowest BCUT2D eigenvalue weighted by molar-refractivity contribution is -0.144. The molecule has 1 aromatic rings. The van der Waals surface area contributed by atoms with Gasteiger partial charge in [0, 0.05) is 18.7 Å². The SMILES string of the molecule is CCOC(=O)CN(CC)CCCOc1ccccc1CN. The van der Waals surface area contributed by atoms with E-state index in [2.05, 4.69) is 4.90 Å². The van der Waals surface area contributed by atoms with Gasteiger partial charge in [0.1, 0.15) is 5.75 Å². The molecule has 0 radical (unpaired) electrons. The molecule has 0 fully saturated rings. The third-order valence-corrected chi connectivity index (χ3v) is 3.17. The Balaban J connectivity index is 2.30. The van der Waals surface area contributed by atoms with E-state index >= 15 is 0 Å². The van der Waals surface area contributed by atoms with Crippen LogP contribution >= 0.6 is 0 Å². The summed E-state index contributed by atoms with van der Waals surface area (Å²) in [6.45, 7) is 7.31. The Morgan fingerprint density at radius 3 is 2.71 bits per heavy atom. The molecule has 0 saturated heterocycles. The van der Waals surface area contributed by atoms with Crippen molar-refractivity contribution < 1.29 is 14.3 Å². The van der Waals surface area contributed by atoms with E-state index in [1.165, 1.54) is 0 Å². The lowest BCUT2D eigenvalue weighted by Gasteiger charge is -2.19. The summed E-state index contributed by atoms with van der Waals surface area (Å²) >= 11 is 0. The zero-order valence-corrected chi connectivity index (χ0v) is 13.0. The van der Waals surface area contributed by atoms with Gasteiger partial charge in [-0.2, -0.15) is 0 Å². The van der Waals surface area contributed by atoms with E-state index in [1.807, 2.05) is 38.1 Å². The first-order valence-corrected chi connectivity index (χ1v) is 7.50. The second-order valence-corrected chi connectivity index (χ2v) is 4.69. The molecule has 5 nitrogen and oxygen atoms in total. The Morgan fingerprint density at radius 2 is 2.05 bits per heavy atom. The maximum Gasteiger partial charge on any atom is 0.320 e. The minimum absolute atomic E-state index is 0.172. The molecular weight excluding hydrogens is 268 g/mol. The summed E-state index contributed by atoms with van der Waals surface area (Å²) in [5, 5.41) is 0. The molecular formula is C16H26N2O3. The number of hydrogen-bond donors (Lipinski definition) is 1. The summed E-state index contributed by atoms with van der Waals surface area (Å²) in [6, 6.07) is 7.79.